The van der Waals surface area contributed by atoms with Crippen molar-refractivity contribution >= 4 is 5.69 Å². The lowest BCUT2D eigenvalue weighted by molar-refractivity contribution is 0.176. The third kappa shape index (κ3) is 1.81. The number of benzene rings is 1. The largest absolute Gasteiger partial charge is 0.488 e. The second kappa shape index (κ2) is 3.86. The second-order valence-electron chi connectivity index (χ2n) is 3.77. The number of anilines is 1. The van der Waals surface area contributed by atoms with Crippen molar-refractivity contribution in [3.05, 3.63) is 24.0 Å². The zero-order valence-corrected chi connectivity index (χ0v) is 8.00. The van der Waals surface area contributed by atoms with E-state index in [-0.39, 0.29) is 11.6 Å². The van der Waals surface area contributed by atoms with Gasteiger partial charge in [-0.15, -0.1) is 0 Å². The lowest BCUT2D eigenvalue weighted by Crippen LogP contribution is -2.20. The molecule has 1 aliphatic carbocycles. The number of nitrogens with two attached hydrogens (primary N) is 1. The first-order valence-corrected chi connectivity index (χ1v) is 4.94. The maximum Gasteiger partial charge on any atom is 0.177 e. The normalized spacial score (nSPS) is 16.4. The van der Waals surface area contributed by atoms with E-state index in [9.17, 15) is 4.39 Å². The summed E-state index contributed by atoms with van der Waals surface area (Å²) in [5.74, 6) is 0.428. The van der Waals surface area contributed by atoms with Crippen molar-refractivity contribution < 1.29 is 9.13 Å². The van der Waals surface area contributed by atoms with Crippen LogP contribution in [0.2, 0.25) is 0 Å². The van der Waals surface area contributed by atoms with Gasteiger partial charge < -0.3 is 10.5 Å². The molecule has 2 rings (SSSR count). The van der Waals surface area contributed by atoms with Gasteiger partial charge in [0.05, 0.1) is 12.3 Å². The van der Waals surface area contributed by atoms with E-state index < -0.39 is 0 Å². The summed E-state index contributed by atoms with van der Waals surface area (Å²) in [6.45, 7) is 0.588. The predicted molar refractivity (Wildman–Crippen MR) is 53.6 cm³/mol. The molecule has 0 aliphatic heterocycles. The average molecular weight is 195 g/mol. The molecule has 0 radical (unpaired) electrons. The van der Waals surface area contributed by atoms with Crippen molar-refractivity contribution in [3.8, 4) is 5.75 Å². The molecule has 0 atom stereocenters. The molecule has 0 saturated heterocycles. The van der Waals surface area contributed by atoms with Crippen molar-refractivity contribution in [2.75, 3.05) is 12.3 Å². The van der Waals surface area contributed by atoms with E-state index in [1.807, 2.05) is 0 Å². The van der Waals surface area contributed by atoms with Crippen molar-refractivity contribution in [1.82, 2.24) is 0 Å². The fourth-order valence-corrected chi connectivity index (χ4v) is 1.54. The first kappa shape index (κ1) is 9.31. The van der Waals surface area contributed by atoms with Gasteiger partial charge in [-0.25, -0.2) is 4.39 Å². The van der Waals surface area contributed by atoms with Gasteiger partial charge in [0, 0.05) is 0 Å². The fourth-order valence-electron chi connectivity index (χ4n) is 1.54. The quantitative estimate of drug-likeness (QED) is 0.752. The molecule has 1 aromatic rings. The maximum absolute atomic E-state index is 13.2. The van der Waals surface area contributed by atoms with Gasteiger partial charge in [-0.05, 0) is 30.9 Å². The smallest absolute Gasteiger partial charge is 0.177 e. The highest BCUT2D eigenvalue weighted by molar-refractivity contribution is 5.52. The Hall–Kier alpha value is -1.25. The summed E-state index contributed by atoms with van der Waals surface area (Å²) < 4.78 is 18.6. The summed E-state index contributed by atoms with van der Waals surface area (Å²) in [4.78, 5) is 0. The lowest BCUT2D eigenvalue weighted by Gasteiger charge is -2.25. The van der Waals surface area contributed by atoms with E-state index in [1.165, 1.54) is 25.3 Å². The number of ether oxygens (including phenoxy) is 1. The molecule has 1 aliphatic rings. The molecule has 1 saturated carbocycles. The Labute approximate surface area is 82.9 Å². The van der Waals surface area contributed by atoms with Crippen molar-refractivity contribution in [2.45, 2.75) is 19.3 Å². The van der Waals surface area contributed by atoms with Crippen LogP contribution in [-0.4, -0.2) is 6.61 Å². The Morgan fingerprint density at radius 1 is 1.43 bits per heavy atom. The van der Waals surface area contributed by atoms with Gasteiger partial charge in [0.1, 0.15) is 0 Å². The highest BCUT2D eigenvalue weighted by Crippen LogP contribution is 2.30. The van der Waals surface area contributed by atoms with Crippen LogP contribution in [0.25, 0.3) is 0 Å². The van der Waals surface area contributed by atoms with Gasteiger partial charge in [0.15, 0.2) is 11.6 Å². The molecule has 0 unspecified atom stereocenters. The Bertz CT molecular complexity index is 303. The van der Waals surface area contributed by atoms with Crippen molar-refractivity contribution in [2.24, 2.45) is 5.92 Å². The van der Waals surface area contributed by atoms with E-state index in [2.05, 4.69) is 0 Å². The molecule has 14 heavy (non-hydrogen) atoms. The monoisotopic (exact) mass is 195 g/mol. The summed E-state index contributed by atoms with van der Waals surface area (Å²) in [5.41, 5.74) is 5.98. The van der Waals surface area contributed by atoms with Crippen LogP contribution in [0.3, 0.4) is 0 Å². The maximum atomic E-state index is 13.2. The Morgan fingerprint density at radius 2 is 2.21 bits per heavy atom. The minimum absolute atomic E-state index is 0.208. The Kier molecular flexibility index (Phi) is 2.57. The molecule has 0 aromatic heterocycles. The third-order valence-corrected chi connectivity index (χ3v) is 2.69. The molecular weight excluding hydrogens is 181 g/mol. The van der Waals surface area contributed by atoms with E-state index in [1.54, 1.807) is 12.1 Å². The van der Waals surface area contributed by atoms with E-state index in [0.717, 1.165) is 0 Å². The highest BCUT2D eigenvalue weighted by atomic mass is 19.1. The van der Waals surface area contributed by atoms with Crippen LogP contribution in [-0.2, 0) is 0 Å². The minimum Gasteiger partial charge on any atom is -0.488 e. The van der Waals surface area contributed by atoms with Crippen LogP contribution >= 0.6 is 0 Å². The van der Waals surface area contributed by atoms with Crippen LogP contribution < -0.4 is 10.5 Å². The Morgan fingerprint density at radius 3 is 2.79 bits per heavy atom. The summed E-state index contributed by atoms with van der Waals surface area (Å²) in [5, 5.41) is 0. The molecule has 0 spiro atoms. The summed E-state index contributed by atoms with van der Waals surface area (Å²) in [7, 11) is 0. The van der Waals surface area contributed by atoms with Crippen LogP contribution in [0.15, 0.2) is 18.2 Å². The molecule has 0 amide bonds. The Balaban J connectivity index is 2.00. The predicted octanol–water partition coefficient (Wildman–Crippen LogP) is 2.59. The van der Waals surface area contributed by atoms with Gasteiger partial charge in [-0.1, -0.05) is 12.5 Å². The number of hydrogen-bond acceptors (Lipinski definition) is 2. The number of hydrogen-bond donors (Lipinski definition) is 1. The van der Waals surface area contributed by atoms with Gasteiger partial charge in [-0.3, -0.25) is 0 Å². The van der Waals surface area contributed by atoms with Crippen molar-refractivity contribution in [3.63, 3.8) is 0 Å². The summed E-state index contributed by atoms with van der Waals surface area (Å²) >= 11 is 0. The van der Waals surface area contributed by atoms with Gasteiger partial charge >= 0.3 is 0 Å². The number of halogens is 1. The molecule has 1 aromatic carbocycles. The highest BCUT2D eigenvalue weighted by Gasteiger charge is 2.19. The molecule has 2 nitrogen and oxygen atoms in total. The molecule has 3 heteroatoms. The van der Waals surface area contributed by atoms with E-state index >= 15 is 0 Å². The summed E-state index contributed by atoms with van der Waals surface area (Å²) in [6.07, 6.45) is 3.64. The topological polar surface area (TPSA) is 35.2 Å². The lowest BCUT2D eigenvalue weighted by atomic mass is 9.86. The van der Waals surface area contributed by atoms with Gasteiger partial charge in [-0.2, -0.15) is 0 Å². The SMILES string of the molecule is Nc1cccc(F)c1OCC1CCC1. The van der Waals surface area contributed by atoms with Crippen LogP contribution in [0.4, 0.5) is 10.1 Å². The molecule has 76 valence electrons. The number of rotatable bonds is 3. The molecular formula is C11H14FNO. The number of para-hydroxylation sites is 1. The summed E-state index contributed by atoms with van der Waals surface area (Å²) in [6, 6.07) is 4.60. The van der Waals surface area contributed by atoms with Crippen LogP contribution in [0.1, 0.15) is 19.3 Å². The first-order valence-electron chi connectivity index (χ1n) is 4.94. The van der Waals surface area contributed by atoms with Gasteiger partial charge in [0.25, 0.3) is 0 Å². The minimum atomic E-state index is -0.371. The second-order valence-corrected chi connectivity index (χ2v) is 3.77. The molecule has 2 N–H and O–H groups in total. The van der Waals surface area contributed by atoms with E-state index in [4.69, 9.17) is 10.5 Å². The zero-order valence-electron chi connectivity index (χ0n) is 8.00. The molecule has 1 fully saturated rings. The zero-order chi connectivity index (χ0) is 9.97. The molecule has 0 heterocycles. The molecule has 0 bridgehead atoms. The van der Waals surface area contributed by atoms with Crippen molar-refractivity contribution in [1.29, 1.82) is 0 Å². The van der Waals surface area contributed by atoms with E-state index in [0.29, 0.717) is 18.2 Å². The van der Waals surface area contributed by atoms with Gasteiger partial charge in [0.2, 0.25) is 0 Å². The number of nitrogen functional groups attached to an aromatic ring is 1. The standard InChI is InChI=1S/C11H14FNO/c12-9-5-2-6-10(13)11(9)14-7-8-3-1-4-8/h2,5-6,8H,1,3-4,7,13H2. The third-order valence-electron chi connectivity index (χ3n) is 2.69. The van der Waals surface area contributed by atoms with Crippen LogP contribution in [0, 0.1) is 11.7 Å². The average Bonchev–Trinajstić information content (AvgIpc) is 2.07. The van der Waals surface area contributed by atoms with Crippen LogP contribution in [0.5, 0.6) is 5.75 Å². The fraction of sp³-hybridized carbons (Fsp3) is 0.455. The first-order chi connectivity index (χ1) is 6.77.